The number of non-ortho nitro benzene ring substituents is 1. The quantitative estimate of drug-likeness (QED) is 0.109. The van der Waals surface area contributed by atoms with Gasteiger partial charge in [0.2, 0.25) is 0 Å². The van der Waals surface area contributed by atoms with Crippen LogP contribution in [0.5, 0.6) is 5.75 Å². The van der Waals surface area contributed by atoms with Crippen LogP contribution in [0.4, 0.5) is 5.69 Å². The molecule has 9 nitrogen and oxygen atoms in total. The monoisotopic (exact) mass is 683 g/mol. The van der Waals surface area contributed by atoms with E-state index in [9.17, 15) is 19.7 Å². The van der Waals surface area contributed by atoms with E-state index in [1.165, 1.54) is 23.5 Å². The van der Waals surface area contributed by atoms with Crippen molar-refractivity contribution >= 4 is 55.8 Å². The molecule has 0 amide bonds. The van der Waals surface area contributed by atoms with Crippen LogP contribution in [0.25, 0.3) is 16.8 Å². The van der Waals surface area contributed by atoms with E-state index in [0.29, 0.717) is 30.8 Å². The number of nitro groups is 1. The van der Waals surface area contributed by atoms with Crippen molar-refractivity contribution in [2.24, 2.45) is 4.99 Å². The Labute approximate surface area is 269 Å². The van der Waals surface area contributed by atoms with Crippen LogP contribution >= 0.6 is 27.3 Å². The van der Waals surface area contributed by atoms with Crippen LogP contribution < -0.4 is 19.6 Å². The summed E-state index contributed by atoms with van der Waals surface area (Å²) < 4.78 is 14.1. The van der Waals surface area contributed by atoms with Crippen molar-refractivity contribution in [3.05, 3.63) is 147 Å². The van der Waals surface area contributed by atoms with Gasteiger partial charge in [-0.3, -0.25) is 19.5 Å². The number of hydrogen-bond acceptors (Lipinski definition) is 8. The Kier molecular flexibility index (Phi) is 8.46. The fourth-order valence-corrected chi connectivity index (χ4v) is 6.88. The molecule has 0 spiro atoms. The summed E-state index contributed by atoms with van der Waals surface area (Å²) in [4.78, 5) is 43.0. The Morgan fingerprint density at radius 2 is 1.84 bits per heavy atom. The first-order valence-electron chi connectivity index (χ1n) is 14.1. The number of hydrogen-bond donors (Lipinski definition) is 0. The van der Waals surface area contributed by atoms with Crippen LogP contribution in [0, 0.1) is 10.1 Å². The highest BCUT2D eigenvalue weighted by atomic mass is 79.9. The maximum absolute atomic E-state index is 14.1. The number of nitrogens with zero attached hydrogens (tertiary/aromatic N) is 3. The van der Waals surface area contributed by atoms with Gasteiger partial charge in [0.25, 0.3) is 11.2 Å². The van der Waals surface area contributed by atoms with E-state index in [-0.39, 0.29) is 24.5 Å². The second-order valence-electron chi connectivity index (χ2n) is 10.3. The van der Waals surface area contributed by atoms with Crippen LogP contribution in [-0.2, 0) is 16.1 Å². The molecule has 0 fully saturated rings. The number of fused-ring (bicyclic) bond motifs is 2. The van der Waals surface area contributed by atoms with Gasteiger partial charge in [-0.1, -0.05) is 59.9 Å². The Morgan fingerprint density at radius 3 is 2.58 bits per heavy atom. The number of thiazole rings is 1. The van der Waals surface area contributed by atoms with E-state index in [0.717, 1.165) is 27.5 Å². The van der Waals surface area contributed by atoms with Gasteiger partial charge >= 0.3 is 5.97 Å². The van der Waals surface area contributed by atoms with Crippen molar-refractivity contribution in [2.45, 2.75) is 26.5 Å². The Bertz CT molecular complexity index is 2180. The fourth-order valence-electron chi connectivity index (χ4n) is 5.32. The van der Waals surface area contributed by atoms with Crippen LogP contribution in [0.1, 0.15) is 36.6 Å². The minimum Gasteiger partial charge on any atom is -0.488 e. The van der Waals surface area contributed by atoms with Gasteiger partial charge in [-0.25, -0.2) is 9.79 Å². The molecule has 45 heavy (non-hydrogen) atoms. The van der Waals surface area contributed by atoms with E-state index in [1.54, 1.807) is 42.7 Å². The largest absolute Gasteiger partial charge is 0.488 e. The van der Waals surface area contributed by atoms with E-state index >= 15 is 0 Å². The number of esters is 1. The van der Waals surface area contributed by atoms with Gasteiger partial charge in [0.15, 0.2) is 4.80 Å². The minimum absolute atomic E-state index is 0.0188. The Hall–Kier alpha value is -4.87. The SMILES string of the molecule is CCOC(=O)C1=C(C)N=c2s/c(=C/c3ccc(OCc4ccc([N+](=O)[O-])cc4)c(Br)c3)c(=O)n2[C@@H]1c1cccc2ccccc12. The molecule has 1 atom stereocenters. The maximum atomic E-state index is 14.1. The zero-order chi connectivity index (χ0) is 31.7. The lowest BCUT2D eigenvalue weighted by Crippen LogP contribution is -2.40. The minimum atomic E-state index is -0.713. The molecule has 226 valence electrons. The molecule has 0 aliphatic carbocycles. The molecule has 1 aliphatic rings. The van der Waals surface area contributed by atoms with E-state index in [4.69, 9.17) is 9.47 Å². The number of carbonyl (C=O) groups excluding carboxylic acids is 1. The molecule has 0 bridgehead atoms. The first kappa shape index (κ1) is 30.2. The molecule has 0 unspecified atom stereocenters. The number of rotatable bonds is 8. The second-order valence-corrected chi connectivity index (χ2v) is 12.1. The topological polar surface area (TPSA) is 113 Å². The number of carbonyl (C=O) groups is 1. The summed E-state index contributed by atoms with van der Waals surface area (Å²) >= 11 is 4.82. The summed E-state index contributed by atoms with van der Waals surface area (Å²) in [5.41, 5.74) is 2.97. The molecular weight excluding hydrogens is 658 g/mol. The molecule has 0 radical (unpaired) electrons. The highest BCUT2D eigenvalue weighted by Gasteiger charge is 2.34. The predicted octanol–water partition coefficient (Wildman–Crippen LogP) is 6.20. The van der Waals surface area contributed by atoms with Crippen molar-refractivity contribution in [1.29, 1.82) is 0 Å². The van der Waals surface area contributed by atoms with Crippen molar-refractivity contribution in [3.8, 4) is 5.75 Å². The summed E-state index contributed by atoms with van der Waals surface area (Å²) in [5, 5.41) is 12.8. The normalized spacial score (nSPS) is 14.6. The van der Waals surface area contributed by atoms with Crippen LogP contribution in [-0.4, -0.2) is 22.1 Å². The van der Waals surface area contributed by atoms with Crippen molar-refractivity contribution in [3.63, 3.8) is 0 Å². The molecule has 1 aromatic heterocycles. The summed E-state index contributed by atoms with van der Waals surface area (Å²) in [6.07, 6.45) is 1.79. The first-order chi connectivity index (χ1) is 21.7. The van der Waals surface area contributed by atoms with Crippen LogP contribution in [0.2, 0.25) is 0 Å². The summed E-state index contributed by atoms with van der Waals surface area (Å²) in [6.45, 7) is 3.95. The molecular formula is C34H26BrN3O6S. The van der Waals surface area contributed by atoms with E-state index in [1.807, 2.05) is 54.6 Å². The molecule has 4 aromatic carbocycles. The van der Waals surface area contributed by atoms with Gasteiger partial charge in [0.1, 0.15) is 12.4 Å². The lowest BCUT2D eigenvalue weighted by Gasteiger charge is -2.25. The number of ether oxygens (including phenoxy) is 2. The van der Waals surface area contributed by atoms with E-state index in [2.05, 4.69) is 20.9 Å². The number of allylic oxidation sites excluding steroid dienone is 1. The average molecular weight is 685 g/mol. The van der Waals surface area contributed by atoms with E-state index < -0.39 is 16.9 Å². The zero-order valence-electron chi connectivity index (χ0n) is 24.2. The average Bonchev–Trinajstić information content (AvgIpc) is 3.33. The van der Waals surface area contributed by atoms with Gasteiger partial charge in [-0.05, 0) is 87.6 Å². The maximum Gasteiger partial charge on any atom is 0.338 e. The van der Waals surface area contributed by atoms with Gasteiger partial charge < -0.3 is 9.47 Å². The molecule has 11 heteroatoms. The van der Waals surface area contributed by atoms with Gasteiger partial charge in [0, 0.05) is 12.1 Å². The summed E-state index contributed by atoms with van der Waals surface area (Å²) in [6, 6.07) is 24.7. The smallest absolute Gasteiger partial charge is 0.338 e. The molecule has 0 saturated carbocycles. The van der Waals surface area contributed by atoms with Crippen LogP contribution in [0.15, 0.2) is 110 Å². The zero-order valence-corrected chi connectivity index (χ0v) is 26.6. The molecule has 0 saturated heterocycles. The number of halogens is 1. The number of benzene rings is 4. The van der Waals surface area contributed by atoms with Crippen molar-refractivity contribution < 1.29 is 19.2 Å². The standard InChI is InChI=1S/C34H26BrN3O6S/c1-3-43-33(40)30-20(2)36-34-37(31(30)26-10-6-8-23-7-4-5-9-25(23)26)32(39)29(45-34)18-22-13-16-28(27(35)17-22)44-19-21-11-14-24(15-12-21)38(41)42/h4-18,31H,3,19H2,1-2H3/b29-18+/t31-/m1/s1. The lowest BCUT2D eigenvalue weighted by atomic mass is 9.91. The van der Waals surface area contributed by atoms with Crippen LogP contribution in [0.3, 0.4) is 0 Å². The fraction of sp³-hybridized carbons (Fsp3) is 0.147. The highest BCUT2D eigenvalue weighted by Crippen LogP contribution is 2.35. The molecule has 1 aliphatic heterocycles. The van der Waals surface area contributed by atoms with Crippen molar-refractivity contribution in [1.82, 2.24) is 4.57 Å². The Balaban J connectivity index is 1.38. The summed E-state index contributed by atoms with van der Waals surface area (Å²) in [5.74, 6) is 0.0804. The lowest BCUT2D eigenvalue weighted by molar-refractivity contribution is -0.384. The third-order valence-corrected chi connectivity index (χ3v) is 9.03. The molecule has 5 aromatic rings. The van der Waals surface area contributed by atoms with Crippen molar-refractivity contribution in [2.75, 3.05) is 6.61 Å². The molecule has 0 N–H and O–H groups in total. The second kappa shape index (κ2) is 12.6. The third-order valence-electron chi connectivity index (χ3n) is 7.43. The van der Waals surface area contributed by atoms with Gasteiger partial charge in [-0.2, -0.15) is 0 Å². The Morgan fingerprint density at radius 1 is 1.09 bits per heavy atom. The first-order valence-corrected chi connectivity index (χ1v) is 15.7. The third kappa shape index (κ3) is 5.96. The molecule has 2 heterocycles. The summed E-state index contributed by atoms with van der Waals surface area (Å²) in [7, 11) is 0. The van der Waals surface area contributed by atoms with Gasteiger partial charge in [0.05, 0.1) is 37.8 Å². The highest BCUT2D eigenvalue weighted by molar-refractivity contribution is 9.10. The number of nitro benzene ring substituents is 1. The van der Waals surface area contributed by atoms with Gasteiger partial charge in [-0.15, -0.1) is 0 Å². The number of aromatic nitrogens is 1. The predicted molar refractivity (Wildman–Crippen MR) is 176 cm³/mol. The molecule has 6 rings (SSSR count).